The third-order valence-corrected chi connectivity index (χ3v) is 8.23. The van der Waals surface area contributed by atoms with Gasteiger partial charge in [-0.3, -0.25) is 0 Å². The Kier molecular flexibility index (Phi) is 8.41. The van der Waals surface area contributed by atoms with Crippen LogP contribution in [-0.4, -0.2) is 39.5 Å². The van der Waals surface area contributed by atoms with Crippen molar-refractivity contribution in [1.82, 2.24) is 19.5 Å². The van der Waals surface area contributed by atoms with Crippen molar-refractivity contribution in [2.24, 2.45) is 0 Å². The molecule has 0 fully saturated rings. The normalized spacial score (nSPS) is 10.7. The average molecular weight is 555 g/mol. The van der Waals surface area contributed by atoms with E-state index in [0.29, 0.717) is 18.1 Å². The molecule has 0 aliphatic rings. The SMILES string of the molecule is COc1cccc(-c2c(-c3ccnc(Nc4cccc(OCCCn5ccnc5)c4)n3)sc(SC)c2C#N)c1. The van der Waals surface area contributed by atoms with Crippen LogP contribution in [0.5, 0.6) is 11.5 Å². The van der Waals surface area contributed by atoms with Gasteiger partial charge < -0.3 is 19.4 Å². The molecule has 0 amide bonds. The molecule has 0 radical (unpaired) electrons. The number of nitrogens with one attached hydrogen (secondary N) is 1. The van der Waals surface area contributed by atoms with E-state index in [0.717, 1.165) is 56.1 Å². The van der Waals surface area contributed by atoms with Crippen LogP contribution in [0, 0.1) is 11.3 Å². The molecule has 0 saturated carbocycles. The van der Waals surface area contributed by atoms with E-state index >= 15 is 0 Å². The van der Waals surface area contributed by atoms with E-state index in [2.05, 4.69) is 21.4 Å². The quantitative estimate of drug-likeness (QED) is 0.139. The molecule has 8 nitrogen and oxygen atoms in total. The molecule has 5 aromatic rings. The Morgan fingerprint density at radius 2 is 1.97 bits per heavy atom. The highest BCUT2D eigenvalue weighted by Gasteiger charge is 2.22. The van der Waals surface area contributed by atoms with Gasteiger partial charge in [0.15, 0.2) is 0 Å². The zero-order valence-corrected chi connectivity index (χ0v) is 23.1. The number of anilines is 2. The number of ether oxygens (including phenoxy) is 2. The summed E-state index contributed by atoms with van der Waals surface area (Å²) < 4.78 is 14.4. The Hall–Kier alpha value is -4.33. The second kappa shape index (κ2) is 12.5. The molecule has 10 heteroatoms. The lowest BCUT2D eigenvalue weighted by Gasteiger charge is -2.10. The molecule has 2 aromatic carbocycles. The summed E-state index contributed by atoms with van der Waals surface area (Å²) >= 11 is 3.11. The predicted molar refractivity (Wildman–Crippen MR) is 156 cm³/mol. The number of hydrogen-bond acceptors (Lipinski definition) is 9. The number of thiophene rings is 1. The topological polar surface area (TPSA) is 97.9 Å². The number of aryl methyl sites for hydroxylation is 1. The van der Waals surface area contributed by atoms with Crippen LogP contribution in [0.15, 0.2) is 83.7 Å². The van der Waals surface area contributed by atoms with E-state index < -0.39 is 0 Å². The van der Waals surface area contributed by atoms with Crippen molar-refractivity contribution in [3.05, 3.63) is 85.1 Å². The molecule has 0 unspecified atom stereocenters. The van der Waals surface area contributed by atoms with Gasteiger partial charge in [-0.15, -0.1) is 23.1 Å². The number of hydrogen-bond donors (Lipinski definition) is 1. The van der Waals surface area contributed by atoms with E-state index in [9.17, 15) is 5.26 Å². The number of nitrogens with zero attached hydrogens (tertiary/aromatic N) is 5. The van der Waals surface area contributed by atoms with E-state index in [-0.39, 0.29) is 0 Å². The third-order valence-electron chi connectivity index (χ3n) is 5.90. The summed E-state index contributed by atoms with van der Waals surface area (Å²) in [7, 11) is 1.64. The molecule has 0 saturated heterocycles. The molecule has 0 bridgehead atoms. The van der Waals surface area contributed by atoms with Gasteiger partial charge in [0, 0.05) is 42.5 Å². The van der Waals surface area contributed by atoms with Gasteiger partial charge in [0.1, 0.15) is 17.6 Å². The first-order chi connectivity index (χ1) is 19.2. The van der Waals surface area contributed by atoms with Crippen LogP contribution in [0.25, 0.3) is 21.7 Å². The van der Waals surface area contributed by atoms with Gasteiger partial charge in [-0.1, -0.05) is 18.2 Å². The second-order valence-electron chi connectivity index (χ2n) is 8.44. The van der Waals surface area contributed by atoms with Crippen LogP contribution in [0.2, 0.25) is 0 Å². The van der Waals surface area contributed by atoms with E-state index in [1.807, 2.05) is 71.6 Å². The summed E-state index contributed by atoms with van der Waals surface area (Å²) in [4.78, 5) is 14.2. The van der Waals surface area contributed by atoms with E-state index in [1.54, 1.807) is 48.9 Å². The van der Waals surface area contributed by atoms with Crippen molar-refractivity contribution in [3.8, 4) is 39.3 Å². The van der Waals surface area contributed by atoms with Gasteiger partial charge in [-0.05, 0) is 48.6 Å². The van der Waals surface area contributed by atoms with Crippen molar-refractivity contribution in [2.45, 2.75) is 17.2 Å². The highest BCUT2D eigenvalue weighted by atomic mass is 32.2. The maximum Gasteiger partial charge on any atom is 0.227 e. The molecular formula is C29H26N6O2S2. The first kappa shape index (κ1) is 26.3. The number of benzene rings is 2. The first-order valence-corrected chi connectivity index (χ1v) is 14.3. The molecule has 3 heterocycles. The Balaban J connectivity index is 1.37. The molecule has 1 N–H and O–H groups in total. The molecule has 5 rings (SSSR count). The van der Waals surface area contributed by atoms with Crippen LogP contribution in [-0.2, 0) is 6.54 Å². The summed E-state index contributed by atoms with van der Waals surface area (Å²) in [6, 6.07) is 19.8. The smallest absolute Gasteiger partial charge is 0.227 e. The van der Waals surface area contributed by atoms with Gasteiger partial charge in [0.2, 0.25) is 5.95 Å². The van der Waals surface area contributed by atoms with Crippen LogP contribution in [0.1, 0.15) is 12.0 Å². The number of imidazole rings is 1. The summed E-state index contributed by atoms with van der Waals surface area (Å²) in [5.41, 5.74) is 3.95. The highest BCUT2D eigenvalue weighted by molar-refractivity contribution is 8.00. The van der Waals surface area contributed by atoms with Gasteiger partial charge >= 0.3 is 0 Å². The summed E-state index contributed by atoms with van der Waals surface area (Å²) in [5.74, 6) is 1.95. The fraction of sp³-hybridized carbons (Fsp3) is 0.172. The van der Waals surface area contributed by atoms with E-state index in [4.69, 9.17) is 14.5 Å². The fourth-order valence-corrected chi connectivity index (χ4v) is 5.99. The Labute approximate surface area is 235 Å². The fourth-order valence-electron chi connectivity index (χ4n) is 4.08. The van der Waals surface area contributed by atoms with Crippen LogP contribution in [0.4, 0.5) is 11.6 Å². The van der Waals surface area contributed by atoms with Gasteiger partial charge in [0.05, 0.1) is 40.4 Å². The van der Waals surface area contributed by atoms with Gasteiger partial charge in [-0.2, -0.15) is 5.26 Å². The summed E-state index contributed by atoms with van der Waals surface area (Å²) in [5, 5.41) is 13.3. The minimum atomic E-state index is 0.457. The standard InChI is InChI=1S/C29H26N6O2S2/c1-36-22-8-3-6-20(16-22)26-24(18-30)28(38-2)39-27(26)25-10-11-32-29(34-25)33-21-7-4-9-23(17-21)37-15-5-13-35-14-12-31-19-35/h3-4,6-12,14,16-17,19H,5,13,15H2,1-2H3,(H,32,33,34). The molecule has 0 aliphatic heterocycles. The van der Waals surface area contributed by atoms with Crippen molar-refractivity contribution < 1.29 is 9.47 Å². The number of aromatic nitrogens is 4. The lowest BCUT2D eigenvalue weighted by atomic mass is 10.0. The molecule has 0 aliphatic carbocycles. The highest BCUT2D eigenvalue weighted by Crippen LogP contribution is 2.46. The second-order valence-corrected chi connectivity index (χ2v) is 10.5. The van der Waals surface area contributed by atoms with Crippen LogP contribution >= 0.6 is 23.1 Å². The molecule has 3 aromatic heterocycles. The average Bonchev–Trinajstić information content (AvgIpc) is 3.63. The predicted octanol–water partition coefficient (Wildman–Crippen LogP) is 6.88. The summed E-state index contributed by atoms with van der Waals surface area (Å²) in [6.07, 6.45) is 10.1. The molecule has 0 atom stereocenters. The van der Waals surface area contributed by atoms with Crippen molar-refractivity contribution in [1.29, 1.82) is 5.26 Å². The molecular weight excluding hydrogens is 528 g/mol. The maximum atomic E-state index is 10.0. The molecule has 39 heavy (non-hydrogen) atoms. The number of nitriles is 1. The monoisotopic (exact) mass is 554 g/mol. The minimum absolute atomic E-state index is 0.457. The molecule has 196 valence electrons. The Bertz CT molecular complexity index is 1590. The number of methoxy groups -OCH3 is 1. The lowest BCUT2D eigenvalue weighted by molar-refractivity contribution is 0.302. The third kappa shape index (κ3) is 6.22. The van der Waals surface area contributed by atoms with Crippen molar-refractivity contribution in [2.75, 3.05) is 25.3 Å². The maximum absolute atomic E-state index is 10.0. The Morgan fingerprint density at radius 1 is 1.10 bits per heavy atom. The lowest BCUT2D eigenvalue weighted by Crippen LogP contribution is -2.03. The number of thioether (sulfide) groups is 1. The van der Waals surface area contributed by atoms with Crippen LogP contribution in [0.3, 0.4) is 0 Å². The summed E-state index contributed by atoms with van der Waals surface area (Å²) in [6.45, 7) is 1.45. The number of rotatable bonds is 11. The van der Waals surface area contributed by atoms with Crippen LogP contribution < -0.4 is 14.8 Å². The van der Waals surface area contributed by atoms with Crippen molar-refractivity contribution >= 4 is 34.7 Å². The van der Waals surface area contributed by atoms with E-state index in [1.165, 1.54) is 0 Å². The van der Waals surface area contributed by atoms with Gasteiger partial charge in [0.25, 0.3) is 0 Å². The van der Waals surface area contributed by atoms with Gasteiger partial charge in [-0.25, -0.2) is 15.0 Å². The Morgan fingerprint density at radius 3 is 2.77 bits per heavy atom. The van der Waals surface area contributed by atoms with Crippen molar-refractivity contribution in [3.63, 3.8) is 0 Å². The minimum Gasteiger partial charge on any atom is -0.497 e. The zero-order chi connectivity index (χ0) is 27.0. The largest absolute Gasteiger partial charge is 0.497 e. The first-order valence-electron chi connectivity index (χ1n) is 12.2. The zero-order valence-electron chi connectivity index (χ0n) is 21.5. The molecule has 0 spiro atoms.